The Labute approximate surface area is 318 Å². The van der Waals surface area contributed by atoms with Crippen LogP contribution in [0.3, 0.4) is 0 Å². The zero-order chi connectivity index (χ0) is 42.1. The molecule has 0 aliphatic carbocycles. The van der Waals surface area contributed by atoms with Crippen LogP contribution in [0.1, 0.15) is 65.2 Å². The molecule has 0 radical (unpaired) electrons. The van der Waals surface area contributed by atoms with Gasteiger partial charge in [0.2, 0.25) is 29.5 Å². The van der Waals surface area contributed by atoms with Crippen LogP contribution in [0.25, 0.3) is 0 Å². The number of amides is 5. The van der Waals surface area contributed by atoms with Crippen molar-refractivity contribution in [2.24, 2.45) is 71.6 Å². The first-order valence-electron chi connectivity index (χ1n) is 17.5. The van der Waals surface area contributed by atoms with Gasteiger partial charge in [-0.15, -0.1) is 0 Å². The maximum atomic E-state index is 13.8. The number of rotatable bonds is 27. The Bertz CT molecular complexity index is 1390. The van der Waals surface area contributed by atoms with Crippen molar-refractivity contribution in [2.75, 3.05) is 26.2 Å². The molecule has 0 fully saturated rings. The minimum absolute atomic E-state index is 0.00958. The molecule has 25 heteroatoms. The maximum Gasteiger partial charge on any atom is 0.326 e. The zero-order valence-electron chi connectivity index (χ0n) is 31.3. The summed E-state index contributed by atoms with van der Waals surface area (Å²) in [6, 6.07) is -7.25. The molecule has 0 rings (SSSR count). The molecule has 0 saturated heterocycles. The van der Waals surface area contributed by atoms with Crippen molar-refractivity contribution < 1.29 is 33.9 Å². The molecule has 6 atom stereocenters. The average Bonchev–Trinajstić information content (AvgIpc) is 3.08. The monoisotopic (exact) mass is 784 g/mol. The number of nitrogens with two attached hydrogens (primary N) is 9. The Balaban J connectivity index is 6.20. The van der Waals surface area contributed by atoms with Gasteiger partial charge in [0.15, 0.2) is 23.8 Å². The lowest BCUT2D eigenvalue weighted by Crippen LogP contribution is -2.59. The number of carbonyl (C=O) groups is 6. The van der Waals surface area contributed by atoms with Crippen LogP contribution < -0.4 is 78.2 Å². The normalized spacial score (nSPS) is 13.8. The van der Waals surface area contributed by atoms with Crippen LogP contribution in [0.5, 0.6) is 0 Å². The highest BCUT2D eigenvalue weighted by Crippen LogP contribution is 2.07. The molecule has 0 bridgehead atoms. The van der Waals surface area contributed by atoms with Gasteiger partial charge in [-0.1, -0.05) is 0 Å². The molecule has 0 aromatic heterocycles. The molecule has 0 unspecified atom stereocenters. The van der Waals surface area contributed by atoms with E-state index in [-0.39, 0.29) is 101 Å². The van der Waals surface area contributed by atoms with E-state index < -0.39 is 71.8 Å². The third-order valence-corrected chi connectivity index (χ3v) is 7.46. The SMILES string of the molecule is C[C@@H](N)C(=O)N[C@H](CCCN=C(N)N)C(=O)N[C@H](CCCN=C(N)N)C(=O)N[C@H](CCCN=C(N)N)C(=O)N[C@H](C)C(=O)N[C@H](CCCN=C(N)N)C(=O)O. The third kappa shape index (κ3) is 23.2. The van der Waals surface area contributed by atoms with E-state index in [4.69, 9.17) is 51.6 Å². The highest BCUT2D eigenvalue weighted by atomic mass is 16.4. The Morgan fingerprint density at radius 1 is 0.455 bits per heavy atom. The van der Waals surface area contributed by atoms with E-state index >= 15 is 0 Å². The molecule has 24 N–H and O–H groups in total. The first-order chi connectivity index (χ1) is 25.7. The van der Waals surface area contributed by atoms with Crippen molar-refractivity contribution in [2.45, 2.75) is 101 Å². The first kappa shape index (κ1) is 48.9. The van der Waals surface area contributed by atoms with Gasteiger partial charge < -0.3 is 83.3 Å². The number of guanidine groups is 4. The van der Waals surface area contributed by atoms with Crippen molar-refractivity contribution in [3.05, 3.63) is 0 Å². The molecular formula is C30H60N18O7. The number of hydrogen-bond acceptors (Lipinski definition) is 11. The van der Waals surface area contributed by atoms with Gasteiger partial charge >= 0.3 is 5.97 Å². The smallest absolute Gasteiger partial charge is 0.326 e. The first-order valence-corrected chi connectivity index (χ1v) is 17.5. The van der Waals surface area contributed by atoms with E-state index in [0.29, 0.717) is 0 Å². The van der Waals surface area contributed by atoms with Gasteiger partial charge in [-0.25, -0.2) is 4.79 Å². The number of carboxylic acids is 1. The quantitative estimate of drug-likeness (QED) is 0.0209. The molecule has 5 amide bonds. The number of aliphatic carboxylic acids is 1. The summed E-state index contributed by atoms with van der Waals surface area (Å²) in [5.41, 5.74) is 48.6. The largest absolute Gasteiger partial charge is 0.480 e. The fourth-order valence-electron chi connectivity index (χ4n) is 4.60. The van der Waals surface area contributed by atoms with E-state index in [9.17, 15) is 33.9 Å². The van der Waals surface area contributed by atoms with Gasteiger partial charge in [0.05, 0.1) is 6.04 Å². The van der Waals surface area contributed by atoms with Crippen molar-refractivity contribution in [1.29, 1.82) is 0 Å². The number of carboxylic acid groups (broad SMARTS) is 1. The summed E-state index contributed by atoms with van der Waals surface area (Å²) in [5, 5.41) is 22.2. The van der Waals surface area contributed by atoms with Crippen LogP contribution in [0.15, 0.2) is 20.0 Å². The van der Waals surface area contributed by atoms with Crippen molar-refractivity contribution in [3.8, 4) is 0 Å². The molecule has 55 heavy (non-hydrogen) atoms. The highest BCUT2D eigenvalue weighted by Gasteiger charge is 2.31. The number of aliphatic imine (C=N–C) groups is 4. The molecule has 0 aromatic carbocycles. The summed E-state index contributed by atoms with van der Waals surface area (Å²) >= 11 is 0. The lowest BCUT2D eigenvalue weighted by Gasteiger charge is -2.26. The van der Waals surface area contributed by atoms with Crippen molar-refractivity contribution in [1.82, 2.24) is 26.6 Å². The minimum atomic E-state index is -1.32. The standard InChI is InChI=1S/C30H60N18O7/c1-15(31)21(49)45-18(8-4-12-41-28(34)35)24(52)47-19(9-5-13-42-29(36)37)25(53)46-17(7-3-11-40-27(32)33)23(51)44-16(2)22(50)48-20(26(54)55)10-6-14-43-30(38)39/h15-20H,3-14,31H2,1-2H3,(H,44,51)(H,45,49)(H,46,53)(H,47,52)(H,48,50)(H,54,55)(H4,32,33,40)(H4,34,35,41)(H4,36,37,42)(H4,38,39,43)/t15-,16-,17-,18-,19-,20-/m1/s1. The number of nitrogens with zero attached hydrogens (tertiary/aromatic N) is 4. The van der Waals surface area contributed by atoms with Crippen LogP contribution in [0.4, 0.5) is 0 Å². The summed E-state index contributed by atoms with van der Waals surface area (Å²) in [6.45, 7) is 3.19. The topological polar surface area (TPSA) is 466 Å². The zero-order valence-corrected chi connectivity index (χ0v) is 31.3. The molecule has 0 aliphatic heterocycles. The predicted molar refractivity (Wildman–Crippen MR) is 206 cm³/mol. The van der Waals surface area contributed by atoms with Gasteiger partial charge in [-0.05, 0) is 65.2 Å². The molecule has 312 valence electrons. The fraction of sp³-hybridized carbons (Fsp3) is 0.667. The molecular weight excluding hydrogens is 724 g/mol. The van der Waals surface area contributed by atoms with Crippen molar-refractivity contribution >= 4 is 59.3 Å². The van der Waals surface area contributed by atoms with Gasteiger partial charge in [0.25, 0.3) is 0 Å². The van der Waals surface area contributed by atoms with Crippen molar-refractivity contribution in [3.63, 3.8) is 0 Å². The third-order valence-electron chi connectivity index (χ3n) is 7.46. The van der Waals surface area contributed by atoms with Gasteiger partial charge in [-0.3, -0.25) is 43.9 Å². The molecule has 0 heterocycles. The Hall–Kier alpha value is -6.14. The summed E-state index contributed by atoms with van der Waals surface area (Å²) < 4.78 is 0. The van der Waals surface area contributed by atoms with Gasteiger partial charge in [-0.2, -0.15) is 0 Å². The van der Waals surface area contributed by atoms with E-state index in [0.717, 1.165) is 0 Å². The Morgan fingerprint density at radius 2 is 0.727 bits per heavy atom. The maximum absolute atomic E-state index is 13.8. The summed E-state index contributed by atoms with van der Waals surface area (Å²) in [7, 11) is 0. The Morgan fingerprint density at radius 3 is 1.02 bits per heavy atom. The number of hydrogen-bond donors (Lipinski definition) is 15. The average molecular weight is 785 g/mol. The second kappa shape index (κ2) is 26.6. The minimum Gasteiger partial charge on any atom is -0.480 e. The molecule has 25 nitrogen and oxygen atoms in total. The summed E-state index contributed by atoms with van der Waals surface area (Å²) in [6.07, 6.45) is 0.910. The summed E-state index contributed by atoms with van der Waals surface area (Å²) in [4.78, 5) is 93.4. The second-order valence-electron chi connectivity index (χ2n) is 12.4. The number of nitrogens with one attached hydrogen (secondary N) is 5. The van der Waals surface area contributed by atoms with Gasteiger partial charge in [0.1, 0.15) is 30.2 Å². The second-order valence-corrected chi connectivity index (χ2v) is 12.4. The van der Waals surface area contributed by atoms with Crippen LogP contribution in [-0.4, -0.2) is 127 Å². The van der Waals surface area contributed by atoms with Crippen LogP contribution in [0.2, 0.25) is 0 Å². The van der Waals surface area contributed by atoms with Crippen LogP contribution in [0, 0.1) is 0 Å². The Kier molecular flexibility index (Phi) is 23.6. The van der Waals surface area contributed by atoms with E-state index in [1.54, 1.807) is 0 Å². The molecule has 0 aromatic rings. The fourth-order valence-corrected chi connectivity index (χ4v) is 4.60. The summed E-state index contributed by atoms with van der Waals surface area (Å²) in [5.74, 6) is -5.86. The molecule has 0 spiro atoms. The molecule has 0 aliphatic rings. The molecule has 0 saturated carbocycles. The van der Waals surface area contributed by atoms with Gasteiger partial charge in [0, 0.05) is 26.2 Å². The van der Waals surface area contributed by atoms with Crippen LogP contribution in [-0.2, 0) is 28.8 Å². The highest BCUT2D eigenvalue weighted by molar-refractivity contribution is 5.96. The lowest BCUT2D eigenvalue weighted by molar-refractivity contribution is -0.142. The van der Waals surface area contributed by atoms with E-state index in [2.05, 4.69) is 46.6 Å². The van der Waals surface area contributed by atoms with E-state index in [1.807, 2.05) is 0 Å². The lowest BCUT2D eigenvalue weighted by atomic mass is 10.0. The predicted octanol–water partition coefficient (Wildman–Crippen LogP) is -6.92. The van der Waals surface area contributed by atoms with Crippen LogP contribution >= 0.6 is 0 Å². The van der Waals surface area contributed by atoms with E-state index in [1.165, 1.54) is 13.8 Å². The number of carbonyl (C=O) groups excluding carboxylic acids is 5.